The molecular formula is C15H16N2O4. The molecule has 2 aromatic carbocycles. The molecule has 2 aromatic rings. The Kier molecular flexibility index (Phi) is 4.73. The Balaban J connectivity index is 2.15. The first kappa shape index (κ1) is 14.8. The molecule has 0 fully saturated rings. The Bertz CT molecular complexity index is 626. The Hall–Kier alpha value is -2.60. The molecule has 21 heavy (non-hydrogen) atoms. The quantitative estimate of drug-likeness (QED) is 0.652. The van der Waals surface area contributed by atoms with Crippen molar-refractivity contribution in [3.05, 3.63) is 63.7 Å². The molecule has 2 rings (SSSR count). The van der Waals surface area contributed by atoms with E-state index in [9.17, 15) is 10.1 Å². The molecule has 110 valence electrons. The molecule has 6 heteroatoms. The van der Waals surface area contributed by atoms with Crippen molar-refractivity contribution in [3.8, 4) is 11.5 Å². The van der Waals surface area contributed by atoms with Gasteiger partial charge in [0.05, 0.1) is 12.0 Å². The van der Waals surface area contributed by atoms with Gasteiger partial charge in [0.15, 0.2) is 5.75 Å². The number of benzene rings is 2. The second-order valence-electron chi connectivity index (χ2n) is 4.40. The molecule has 0 saturated carbocycles. The number of hydrogen-bond acceptors (Lipinski definition) is 5. The zero-order valence-corrected chi connectivity index (χ0v) is 11.6. The van der Waals surface area contributed by atoms with E-state index in [0.29, 0.717) is 6.54 Å². The fraction of sp³-hybridized carbons (Fsp3) is 0.200. The van der Waals surface area contributed by atoms with E-state index in [-0.39, 0.29) is 18.0 Å². The van der Waals surface area contributed by atoms with E-state index in [1.165, 1.54) is 6.07 Å². The lowest BCUT2D eigenvalue weighted by Crippen LogP contribution is -2.02. The Morgan fingerprint density at radius 1 is 1.14 bits per heavy atom. The molecule has 2 N–H and O–H groups in total. The van der Waals surface area contributed by atoms with E-state index >= 15 is 0 Å². The molecule has 0 aliphatic heterocycles. The number of rotatable bonds is 6. The van der Waals surface area contributed by atoms with E-state index in [1.54, 1.807) is 19.2 Å². The van der Waals surface area contributed by atoms with Gasteiger partial charge in [-0.25, -0.2) is 0 Å². The summed E-state index contributed by atoms with van der Waals surface area (Å²) in [6, 6.07) is 11.9. The Morgan fingerprint density at radius 3 is 2.38 bits per heavy atom. The van der Waals surface area contributed by atoms with Crippen LogP contribution in [0.3, 0.4) is 0 Å². The topological polar surface area (TPSA) is 87.6 Å². The molecule has 0 aromatic heterocycles. The van der Waals surface area contributed by atoms with Gasteiger partial charge in [-0.15, -0.1) is 0 Å². The number of nitro groups is 1. The summed E-state index contributed by atoms with van der Waals surface area (Å²) < 4.78 is 10.6. The Morgan fingerprint density at radius 2 is 1.81 bits per heavy atom. The van der Waals surface area contributed by atoms with Gasteiger partial charge in [0.1, 0.15) is 12.4 Å². The summed E-state index contributed by atoms with van der Waals surface area (Å²) in [5, 5.41) is 11.0. The summed E-state index contributed by atoms with van der Waals surface area (Å²) in [6.07, 6.45) is 0. The average Bonchev–Trinajstić information content (AvgIpc) is 2.52. The first-order valence-corrected chi connectivity index (χ1v) is 6.37. The van der Waals surface area contributed by atoms with Crippen LogP contribution in [0.25, 0.3) is 0 Å². The fourth-order valence-corrected chi connectivity index (χ4v) is 1.83. The molecule has 0 unspecified atom stereocenters. The molecule has 0 heterocycles. The van der Waals surface area contributed by atoms with Gasteiger partial charge in [-0.3, -0.25) is 10.1 Å². The lowest BCUT2D eigenvalue weighted by molar-refractivity contribution is -0.386. The van der Waals surface area contributed by atoms with Crippen molar-refractivity contribution in [2.24, 2.45) is 5.73 Å². The highest BCUT2D eigenvalue weighted by molar-refractivity contribution is 5.48. The van der Waals surface area contributed by atoms with Gasteiger partial charge in [-0.05, 0) is 29.3 Å². The normalized spacial score (nSPS) is 10.2. The minimum atomic E-state index is -0.469. The molecule has 0 bridgehead atoms. The highest BCUT2D eigenvalue weighted by Crippen LogP contribution is 2.28. The minimum Gasteiger partial charge on any atom is -0.497 e. The van der Waals surface area contributed by atoms with Crippen molar-refractivity contribution in [1.82, 2.24) is 0 Å². The van der Waals surface area contributed by atoms with Gasteiger partial charge >= 0.3 is 5.69 Å². The van der Waals surface area contributed by atoms with Gasteiger partial charge in [-0.2, -0.15) is 0 Å². The number of nitrogens with two attached hydrogens (primary N) is 1. The molecule has 0 atom stereocenters. The standard InChI is InChI=1S/C15H16N2O4/c1-20-13-5-2-11(3-6-13)10-21-15-8-12(9-16)4-7-14(15)17(18)19/h2-8H,9-10,16H2,1H3. The van der Waals surface area contributed by atoms with Crippen LogP contribution >= 0.6 is 0 Å². The molecular weight excluding hydrogens is 272 g/mol. The summed E-state index contributed by atoms with van der Waals surface area (Å²) in [5.41, 5.74) is 7.15. The number of nitrogens with zero attached hydrogens (tertiary/aromatic N) is 1. The van der Waals surface area contributed by atoms with Crippen molar-refractivity contribution in [1.29, 1.82) is 0 Å². The molecule has 0 aliphatic rings. The summed E-state index contributed by atoms with van der Waals surface area (Å²) in [7, 11) is 1.59. The van der Waals surface area contributed by atoms with Crippen molar-refractivity contribution in [2.45, 2.75) is 13.2 Å². The van der Waals surface area contributed by atoms with Crippen LogP contribution < -0.4 is 15.2 Å². The van der Waals surface area contributed by atoms with Crippen molar-refractivity contribution in [3.63, 3.8) is 0 Å². The number of hydrogen-bond donors (Lipinski definition) is 1. The number of methoxy groups -OCH3 is 1. The van der Waals surface area contributed by atoms with Crippen LogP contribution in [0.5, 0.6) is 11.5 Å². The minimum absolute atomic E-state index is 0.0688. The van der Waals surface area contributed by atoms with Gasteiger partial charge in [0, 0.05) is 12.6 Å². The zero-order chi connectivity index (χ0) is 15.2. The van der Waals surface area contributed by atoms with Crippen molar-refractivity contribution >= 4 is 5.69 Å². The van der Waals surface area contributed by atoms with Gasteiger partial charge in [0.25, 0.3) is 0 Å². The fourth-order valence-electron chi connectivity index (χ4n) is 1.83. The van der Waals surface area contributed by atoms with Crippen molar-refractivity contribution in [2.75, 3.05) is 7.11 Å². The number of ether oxygens (including phenoxy) is 2. The highest BCUT2D eigenvalue weighted by Gasteiger charge is 2.15. The smallest absolute Gasteiger partial charge is 0.310 e. The average molecular weight is 288 g/mol. The van der Waals surface area contributed by atoms with E-state index < -0.39 is 4.92 Å². The SMILES string of the molecule is COc1ccc(COc2cc(CN)ccc2[N+](=O)[O-])cc1. The van der Waals surface area contributed by atoms with Gasteiger partial charge in [0.2, 0.25) is 0 Å². The van der Waals surface area contributed by atoms with Crippen LogP contribution in [-0.4, -0.2) is 12.0 Å². The first-order valence-electron chi connectivity index (χ1n) is 6.37. The molecule has 6 nitrogen and oxygen atoms in total. The van der Waals surface area contributed by atoms with E-state index in [4.69, 9.17) is 15.2 Å². The van der Waals surface area contributed by atoms with Crippen LogP contribution in [0.4, 0.5) is 5.69 Å². The predicted octanol–water partition coefficient (Wildman–Crippen LogP) is 2.64. The van der Waals surface area contributed by atoms with E-state index in [1.807, 2.05) is 24.3 Å². The zero-order valence-electron chi connectivity index (χ0n) is 11.6. The highest BCUT2D eigenvalue weighted by atomic mass is 16.6. The molecule has 0 aliphatic carbocycles. The van der Waals surface area contributed by atoms with E-state index in [0.717, 1.165) is 16.9 Å². The van der Waals surface area contributed by atoms with Crippen LogP contribution in [0, 0.1) is 10.1 Å². The summed E-state index contributed by atoms with van der Waals surface area (Å²) >= 11 is 0. The maximum absolute atomic E-state index is 11.0. The molecule has 0 radical (unpaired) electrons. The van der Waals surface area contributed by atoms with Gasteiger partial charge in [-0.1, -0.05) is 18.2 Å². The molecule has 0 saturated heterocycles. The Labute approximate surface area is 122 Å². The third-order valence-electron chi connectivity index (χ3n) is 3.01. The predicted molar refractivity (Wildman–Crippen MR) is 78.3 cm³/mol. The summed E-state index contributed by atoms with van der Waals surface area (Å²) in [6.45, 7) is 0.537. The number of nitro benzene ring substituents is 1. The van der Waals surface area contributed by atoms with Crippen LogP contribution in [0.15, 0.2) is 42.5 Å². The second-order valence-corrected chi connectivity index (χ2v) is 4.40. The lowest BCUT2D eigenvalue weighted by atomic mass is 10.2. The lowest BCUT2D eigenvalue weighted by Gasteiger charge is -2.09. The van der Waals surface area contributed by atoms with Crippen LogP contribution in [0.2, 0.25) is 0 Å². The maximum Gasteiger partial charge on any atom is 0.310 e. The third-order valence-corrected chi connectivity index (χ3v) is 3.01. The summed E-state index contributed by atoms with van der Waals surface area (Å²) in [4.78, 5) is 10.5. The first-order chi connectivity index (χ1) is 10.1. The van der Waals surface area contributed by atoms with Crippen LogP contribution in [0.1, 0.15) is 11.1 Å². The summed E-state index contributed by atoms with van der Waals surface area (Å²) in [5.74, 6) is 0.966. The second kappa shape index (κ2) is 6.71. The third kappa shape index (κ3) is 3.70. The molecule has 0 amide bonds. The van der Waals surface area contributed by atoms with Crippen LogP contribution in [-0.2, 0) is 13.2 Å². The molecule has 0 spiro atoms. The monoisotopic (exact) mass is 288 g/mol. The maximum atomic E-state index is 11.0. The van der Waals surface area contributed by atoms with E-state index in [2.05, 4.69) is 0 Å². The van der Waals surface area contributed by atoms with Crippen molar-refractivity contribution < 1.29 is 14.4 Å². The van der Waals surface area contributed by atoms with Gasteiger partial charge < -0.3 is 15.2 Å². The largest absolute Gasteiger partial charge is 0.497 e.